The molecule has 1 heterocycles. The molecular formula is C15H11BrClNO3. The minimum atomic E-state index is -0.179. The maximum absolute atomic E-state index is 12.3. The maximum Gasteiger partial charge on any atom is 0.269 e. The smallest absolute Gasteiger partial charge is 0.269 e. The van der Waals surface area contributed by atoms with Crippen molar-refractivity contribution in [3.05, 3.63) is 45.9 Å². The van der Waals surface area contributed by atoms with Gasteiger partial charge >= 0.3 is 0 Å². The first-order valence-electron chi connectivity index (χ1n) is 6.19. The molecule has 0 fully saturated rings. The number of amides is 1. The van der Waals surface area contributed by atoms with Gasteiger partial charge in [0.1, 0.15) is 11.5 Å². The standard InChI is InChI=1S/C15H11BrClNO3/c1-20-13-5-3-10(17)7-12(13)18-11-6-9(16)2-4-14(11)21-8-15(18)19/h2-7H,8H2,1H3. The summed E-state index contributed by atoms with van der Waals surface area (Å²) in [5, 5.41) is 0.529. The van der Waals surface area contributed by atoms with E-state index in [0.717, 1.165) is 4.47 Å². The Morgan fingerprint density at radius 2 is 2.05 bits per heavy atom. The van der Waals surface area contributed by atoms with Crippen LogP contribution in [0.15, 0.2) is 40.9 Å². The molecule has 21 heavy (non-hydrogen) atoms. The van der Waals surface area contributed by atoms with Gasteiger partial charge in [0.15, 0.2) is 6.61 Å². The fourth-order valence-electron chi connectivity index (χ4n) is 2.23. The number of halogens is 2. The summed E-state index contributed by atoms with van der Waals surface area (Å²) in [6.07, 6.45) is 0. The molecule has 0 N–H and O–H groups in total. The van der Waals surface area contributed by atoms with Gasteiger partial charge in [-0.2, -0.15) is 0 Å². The van der Waals surface area contributed by atoms with Crippen LogP contribution in [0, 0.1) is 0 Å². The molecule has 0 aromatic heterocycles. The molecule has 4 nitrogen and oxygen atoms in total. The number of benzene rings is 2. The molecule has 0 bridgehead atoms. The van der Waals surface area contributed by atoms with Crippen molar-refractivity contribution in [2.45, 2.75) is 0 Å². The van der Waals surface area contributed by atoms with Crippen LogP contribution in [0.2, 0.25) is 5.02 Å². The van der Waals surface area contributed by atoms with Crippen molar-refractivity contribution in [1.29, 1.82) is 0 Å². The second-order valence-corrected chi connectivity index (χ2v) is 5.80. The van der Waals surface area contributed by atoms with Gasteiger partial charge in [0.05, 0.1) is 18.5 Å². The van der Waals surface area contributed by atoms with Gasteiger partial charge in [-0.15, -0.1) is 0 Å². The second-order valence-electron chi connectivity index (χ2n) is 4.45. The van der Waals surface area contributed by atoms with Crippen molar-refractivity contribution < 1.29 is 14.3 Å². The van der Waals surface area contributed by atoms with E-state index < -0.39 is 0 Å². The van der Waals surface area contributed by atoms with E-state index in [1.165, 1.54) is 0 Å². The number of anilines is 2. The van der Waals surface area contributed by atoms with E-state index in [2.05, 4.69) is 15.9 Å². The van der Waals surface area contributed by atoms with Crippen molar-refractivity contribution in [3.8, 4) is 11.5 Å². The Morgan fingerprint density at radius 3 is 2.81 bits per heavy atom. The van der Waals surface area contributed by atoms with Crippen LogP contribution in [-0.4, -0.2) is 19.6 Å². The highest BCUT2D eigenvalue weighted by Gasteiger charge is 2.29. The largest absolute Gasteiger partial charge is 0.495 e. The van der Waals surface area contributed by atoms with Gasteiger partial charge in [0.2, 0.25) is 0 Å². The molecule has 1 aliphatic heterocycles. The summed E-state index contributed by atoms with van der Waals surface area (Å²) >= 11 is 9.47. The third-order valence-corrected chi connectivity index (χ3v) is 3.87. The lowest BCUT2D eigenvalue weighted by Crippen LogP contribution is -2.35. The maximum atomic E-state index is 12.3. The summed E-state index contributed by atoms with van der Waals surface area (Å²) in [5.41, 5.74) is 1.25. The van der Waals surface area contributed by atoms with Gasteiger partial charge in [0, 0.05) is 9.50 Å². The molecule has 0 spiro atoms. The average molecular weight is 369 g/mol. The molecule has 6 heteroatoms. The minimum absolute atomic E-state index is 0.0235. The lowest BCUT2D eigenvalue weighted by Gasteiger charge is -2.30. The van der Waals surface area contributed by atoms with Crippen molar-refractivity contribution in [1.82, 2.24) is 0 Å². The molecule has 1 amide bonds. The lowest BCUT2D eigenvalue weighted by molar-refractivity contribution is -0.120. The van der Waals surface area contributed by atoms with Gasteiger partial charge in [-0.3, -0.25) is 9.69 Å². The summed E-state index contributed by atoms with van der Waals surface area (Å²) in [6, 6.07) is 10.7. The number of hydrogen-bond acceptors (Lipinski definition) is 3. The predicted molar refractivity (Wildman–Crippen MR) is 84.8 cm³/mol. The Kier molecular flexibility index (Phi) is 3.78. The zero-order valence-corrected chi connectivity index (χ0v) is 13.4. The third-order valence-electron chi connectivity index (χ3n) is 3.14. The monoisotopic (exact) mass is 367 g/mol. The number of ether oxygens (including phenoxy) is 2. The van der Waals surface area contributed by atoms with Crippen molar-refractivity contribution in [2.75, 3.05) is 18.6 Å². The van der Waals surface area contributed by atoms with E-state index >= 15 is 0 Å². The van der Waals surface area contributed by atoms with Crippen molar-refractivity contribution in [2.24, 2.45) is 0 Å². The molecule has 0 saturated heterocycles. The van der Waals surface area contributed by atoms with Crippen LogP contribution < -0.4 is 14.4 Å². The summed E-state index contributed by atoms with van der Waals surface area (Å²) < 4.78 is 11.7. The number of hydrogen-bond donors (Lipinski definition) is 0. The molecule has 3 rings (SSSR count). The molecular weight excluding hydrogens is 358 g/mol. The van der Waals surface area contributed by atoms with Gasteiger partial charge < -0.3 is 9.47 Å². The van der Waals surface area contributed by atoms with Crippen LogP contribution in [0.4, 0.5) is 11.4 Å². The SMILES string of the molecule is COc1ccc(Cl)cc1N1C(=O)COc2ccc(Br)cc21. The highest BCUT2D eigenvalue weighted by atomic mass is 79.9. The highest BCUT2D eigenvalue weighted by molar-refractivity contribution is 9.10. The molecule has 1 aliphatic rings. The van der Waals surface area contributed by atoms with E-state index in [1.54, 1.807) is 30.2 Å². The number of carbonyl (C=O) groups is 1. The summed E-state index contributed by atoms with van der Waals surface area (Å²) in [6.45, 7) is -0.0235. The molecule has 0 unspecified atom stereocenters. The number of methoxy groups -OCH3 is 1. The Hall–Kier alpha value is -1.72. The fourth-order valence-corrected chi connectivity index (χ4v) is 2.74. The van der Waals surface area contributed by atoms with Crippen LogP contribution in [0.5, 0.6) is 11.5 Å². The fraction of sp³-hybridized carbons (Fsp3) is 0.133. The molecule has 2 aromatic rings. The Labute approximate surface area is 135 Å². The number of fused-ring (bicyclic) bond motifs is 1. The van der Waals surface area contributed by atoms with Crippen molar-refractivity contribution >= 4 is 44.8 Å². The van der Waals surface area contributed by atoms with E-state index in [1.807, 2.05) is 18.2 Å². The Balaban J connectivity index is 2.20. The minimum Gasteiger partial charge on any atom is -0.495 e. The van der Waals surface area contributed by atoms with E-state index in [4.69, 9.17) is 21.1 Å². The number of nitrogens with zero attached hydrogens (tertiary/aromatic N) is 1. The van der Waals surface area contributed by atoms with E-state index in [0.29, 0.717) is 27.9 Å². The number of rotatable bonds is 2. The average Bonchev–Trinajstić information content (AvgIpc) is 2.47. The summed E-state index contributed by atoms with van der Waals surface area (Å²) in [5.74, 6) is 1.03. The molecule has 0 radical (unpaired) electrons. The van der Waals surface area contributed by atoms with Crippen LogP contribution in [0.1, 0.15) is 0 Å². The first-order valence-corrected chi connectivity index (χ1v) is 7.36. The molecule has 2 aromatic carbocycles. The first kappa shape index (κ1) is 14.2. The van der Waals surface area contributed by atoms with Gasteiger partial charge in [-0.25, -0.2) is 0 Å². The third kappa shape index (κ3) is 2.59. The molecule has 0 saturated carbocycles. The zero-order chi connectivity index (χ0) is 15.0. The predicted octanol–water partition coefficient (Wildman–Crippen LogP) is 4.17. The van der Waals surface area contributed by atoms with Crippen molar-refractivity contribution in [3.63, 3.8) is 0 Å². The lowest BCUT2D eigenvalue weighted by atomic mass is 10.2. The summed E-state index contributed by atoms with van der Waals surface area (Å²) in [7, 11) is 1.56. The van der Waals surface area contributed by atoms with E-state index in [9.17, 15) is 4.79 Å². The quantitative estimate of drug-likeness (QED) is 0.798. The molecule has 0 aliphatic carbocycles. The Bertz CT molecular complexity index is 720. The van der Waals surface area contributed by atoms with E-state index in [-0.39, 0.29) is 12.5 Å². The normalized spacial score (nSPS) is 13.7. The first-order chi connectivity index (χ1) is 10.1. The summed E-state index contributed by atoms with van der Waals surface area (Å²) in [4.78, 5) is 13.9. The van der Waals surface area contributed by atoms with Gasteiger partial charge in [0.25, 0.3) is 5.91 Å². The van der Waals surface area contributed by atoms with Crippen LogP contribution in [0.3, 0.4) is 0 Å². The van der Waals surface area contributed by atoms with Gasteiger partial charge in [-0.1, -0.05) is 27.5 Å². The zero-order valence-electron chi connectivity index (χ0n) is 11.1. The van der Waals surface area contributed by atoms with Crippen LogP contribution >= 0.6 is 27.5 Å². The van der Waals surface area contributed by atoms with Gasteiger partial charge in [-0.05, 0) is 36.4 Å². The van der Waals surface area contributed by atoms with Crippen LogP contribution in [-0.2, 0) is 4.79 Å². The number of carbonyl (C=O) groups excluding carboxylic acids is 1. The van der Waals surface area contributed by atoms with Crippen LogP contribution in [0.25, 0.3) is 0 Å². The molecule has 0 atom stereocenters. The molecule has 108 valence electrons. The topological polar surface area (TPSA) is 38.8 Å². The second kappa shape index (κ2) is 5.58. The highest BCUT2D eigenvalue weighted by Crippen LogP contribution is 2.43. The Morgan fingerprint density at radius 1 is 1.24 bits per heavy atom.